The van der Waals surface area contributed by atoms with Gasteiger partial charge in [0.2, 0.25) is 0 Å². The van der Waals surface area contributed by atoms with Gasteiger partial charge in [-0.05, 0) is 25.2 Å². The molecule has 1 aliphatic carbocycles. The number of nitrogens with zero attached hydrogens (tertiary/aromatic N) is 1. The molecule has 0 bridgehead atoms. The molecule has 1 aromatic heterocycles. The van der Waals surface area contributed by atoms with E-state index in [9.17, 15) is 0 Å². The van der Waals surface area contributed by atoms with E-state index < -0.39 is 0 Å². The fraction of sp³-hybridized carbons (Fsp3) is 0.727. The zero-order valence-corrected chi connectivity index (χ0v) is 9.50. The third-order valence-electron chi connectivity index (χ3n) is 3.25. The lowest BCUT2D eigenvalue weighted by atomic mass is 10.1. The van der Waals surface area contributed by atoms with Crippen LogP contribution < -0.4 is 5.32 Å². The summed E-state index contributed by atoms with van der Waals surface area (Å²) in [6, 6.07) is 0.555. The molecule has 0 radical (unpaired) electrons. The molecule has 1 aromatic rings. The molecule has 4 heteroatoms. The Hall–Kier alpha value is -0.450. The van der Waals surface area contributed by atoms with Gasteiger partial charge in [-0.15, -0.1) is 11.3 Å². The average molecular weight is 224 g/mol. The molecule has 82 valence electrons. The molecule has 2 fully saturated rings. The van der Waals surface area contributed by atoms with Gasteiger partial charge in [-0.3, -0.25) is 0 Å². The van der Waals surface area contributed by atoms with E-state index in [0.717, 1.165) is 31.2 Å². The van der Waals surface area contributed by atoms with Crippen LogP contribution in [-0.2, 0) is 11.3 Å². The minimum absolute atomic E-state index is 0.476. The second-order valence-electron chi connectivity index (χ2n) is 4.43. The maximum absolute atomic E-state index is 5.78. The highest BCUT2D eigenvalue weighted by Crippen LogP contribution is 2.38. The standard InChI is InChI=1S/C11H16N2OS/c1-2-8(1)11-10(3-4-14-11)12-5-9-6-15-7-13-9/h6-8,10-12H,1-5H2. The number of ether oxygens (including phenoxy) is 1. The first-order valence-corrected chi connectivity index (χ1v) is 6.60. The van der Waals surface area contributed by atoms with E-state index in [1.54, 1.807) is 11.3 Å². The van der Waals surface area contributed by atoms with Crippen LogP contribution in [0.4, 0.5) is 0 Å². The highest BCUT2D eigenvalue weighted by atomic mass is 32.1. The smallest absolute Gasteiger partial charge is 0.0795 e. The summed E-state index contributed by atoms with van der Waals surface area (Å²) in [5.41, 5.74) is 3.04. The molecular formula is C11H16N2OS. The fourth-order valence-corrected chi connectivity index (χ4v) is 2.84. The molecule has 2 unspecified atom stereocenters. The van der Waals surface area contributed by atoms with E-state index in [0.29, 0.717) is 12.1 Å². The van der Waals surface area contributed by atoms with Crippen LogP contribution in [0.25, 0.3) is 0 Å². The van der Waals surface area contributed by atoms with Gasteiger partial charge in [-0.2, -0.15) is 0 Å². The van der Waals surface area contributed by atoms with Crippen molar-refractivity contribution in [2.45, 2.75) is 38.0 Å². The Morgan fingerprint density at radius 1 is 1.47 bits per heavy atom. The lowest BCUT2D eigenvalue weighted by Crippen LogP contribution is -2.37. The molecule has 1 N–H and O–H groups in total. The molecular weight excluding hydrogens is 208 g/mol. The predicted octanol–water partition coefficient (Wildman–Crippen LogP) is 1.80. The van der Waals surface area contributed by atoms with Gasteiger partial charge in [0.25, 0.3) is 0 Å². The van der Waals surface area contributed by atoms with Crippen LogP contribution in [0.2, 0.25) is 0 Å². The Kier molecular flexibility index (Phi) is 2.73. The number of hydrogen-bond donors (Lipinski definition) is 1. The Labute approximate surface area is 93.9 Å². The van der Waals surface area contributed by atoms with Gasteiger partial charge in [0.1, 0.15) is 0 Å². The summed E-state index contributed by atoms with van der Waals surface area (Å²) in [7, 11) is 0. The van der Waals surface area contributed by atoms with E-state index in [1.807, 2.05) is 5.51 Å². The van der Waals surface area contributed by atoms with Crippen molar-refractivity contribution in [2.75, 3.05) is 6.61 Å². The molecule has 3 rings (SSSR count). The number of thiazole rings is 1. The van der Waals surface area contributed by atoms with Gasteiger partial charge in [0.15, 0.2) is 0 Å². The summed E-state index contributed by atoms with van der Waals surface area (Å²) < 4.78 is 5.78. The summed E-state index contributed by atoms with van der Waals surface area (Å²) in [6.45, 7) is 1.82. The minimum atomic E-state index is 0.476. The van der Waals surface area contributed by atoms with Crippen molar-refractivity contribution < 1.29 is 4.74 Å². The van der Waals surface area contributed by atoms with E-state index in [4.69, 9.17) is 4.74 Å². The van der Waals surface area contributed by atoms with Crippen LogP contribution in [0.3, 0.4) is 0 Å². The molecule has 3 nitrogen and oxygen atoms in total. The molecule has 2 atom stereocenters. The number of nitrogens with one attached hydrogen (secondary N) is 1. The number of hydrogen-bond acceptors (Lipinski definition) is 4. The lowest BCUT2D eigenvalue weighted by molar-refractivity contribution is 0.0808. The zero-order chi connectivity index (χ0) is 10.1. The monoisotopic (exact) mass is 224 g/mol. The molecule has 1 saturated carbocycles. The molecule has 0 aromatic carbocycles. The van der Waals surface area contributed by atoms with E-state index >= 15 is 0 Å². The van der Waals surface area contributed by atoms with Gasteiger partial charge in [0.05, 0.1) is 17.3 Å². The largest absolute Gasteiger partial charge is 0.376 e. The summed E-state index contributed by atoms with van der Waals surface area (Å²) in [5.74, 6) is 0.834. The molecule has 2 heterocycles. The topological polar surface area (TPSA) is 34.2 Å². The van der Waals surface area contributed by atoms with Crippen molar-refractivity contribution in [2.24, 2.45) is 5.92 Å². The van der Waals surface area contributed by atoms with Crippen LogP contribution in [0.5, 0.6) is 0 Å². The van der Waals surface area contributed by atoms with Crippen LogP contribution in [0, 0.1) is 5.92 Å². The molecule has 1 aliphatic heterocycles. The second kappa shape index (κ2) is 4.20. The highest BCUT2D eigenvalue weighted by Gasteiger charge is 2.40. The fourth-order valence-electron chi connectivity index (χ4n) is 2.28. The first-order valence-electron chi connectivity index (χ1n) is 5.65. The molecule has 15 heavy (non-hydrogen) atoms. The van der Waals surface area contributed by atoms with Gasteiger partial charge >= 0.3 is 0 Å². The Balaban J connectivity index is 1.53. The average Bonchev–Trinajstić information content (AvgIpc) is 2.81. The zero-order valence-electron chi connectivity index (χ0n) is 8.69. The van der Waals surface area contributed by atoms with Crippen molar-refractivity contribution in [3.8, 4) is 0 Å². The number of aromatic nitrogens is 1. The summed E-state index contributed by atoms with van der Waals surface area (Å²) in [5, 5.41) is 5.68. The van der Waals surface area contributed by atoms with Crippen molar-refractivity contribution >= 4 is 11.3 Å². The minimum Gasteiger partial charge on any atom is -0.376 e. The lowest BCUT2D eigenvalue weighted by Gasteiger charge is -2.18. The van der Waals surface area contributed by atoms with Crippen LogP contribution in [0.1, 0.15) is 25.0 Å². The SMILES string of the molecule is c1nc(CNC2CCOC2C2CC2)cs1. The molecule has 1 saturated heterocycles. The summed E-state index contributed by atoms with van der Waals surface area (Å²) in [6.07, 6.45) is 4.35. The predicted molar refractivity (Wildman–Crippen MR) is 59.8 cm³/mol. The van der Waals surface area contributed by atoms with Crippen LogP contribution in [0.15, 0.2) is 10.9 Å². The summed E-state index contributed by atoms with van der Waals surface area (Å²) >= 11 is 1.66. The first kappa shape index (κ1) is 9.75. The molecule has 0 amide bonds. The van der Waals surface area contributed by atoms with Crippen molar-refractivity contribution in [1.29, 1.82) is 0 Å². The Morgan fingerprint density at radius 3 is 3.13 bits per heavy atom. The Bertz CT molecular complexity index is 310. The van der Waals surface area contributed by atoms with E-state index in [1.165, 1.54) is 12.8 Å². The maximum atomic E-state index is 5.78. The van der Waals surface area contributed by atoms with Gasteiger partial charge in [-0.1, -0.05) is 0 Å². The highest BCUT2D eigenvalue weighted by molar-refractivity contribution is 7.07. The first-order chi connectivity index (χ1) is 7.43. The van der Waals surface area contributed by atoms with Gasteiger partial charge in [-0.25, -0.2) is 4.98 Å². The van der Waals surface area contributed by atoms with Gasteiger partial charge < -0.3 is 10.1 Å². The van der Waals surface area contributed by atoms with E-state index in [2.05, 4.69) is 15.7 Å². The molecule has 2 aliphatic rings. The second-order valence-corrected chi connectivity index (χ2v) is 5.15. The number of rotatable bonds is 4. The molecule has 0 spiro atoms. The van der Waals surface area contributed by atoms with Gasteiger partial charge in [0, 0.05) is 24.6 Å². The van der Waals surface area contributed by atoms with Crippen molar-refractivity contribution in [1.82, 2.24) is 10.3 Å². The third kappa shape index (κ3) is 2.22. The third-order valence-corrected chi connectivity index (χ3v) is 3.89. The van der Waals surface area contributed by atoms with Crippen LogP contribution >= 0.6 is 11.3 Å². The van der Waals surface area contributed by atoms with Crippen molar-refractivity contribution in [3.63, 3.8) is 0 Å². The van der Waals surface area contributed by atoms with E-state index in [-0.39, 0.29) is 0 Å². The summed E-state index contributed by atoms with van der Waals surface area (Å²) in [4.78, 5) is 4.28. The quantitative estimate of drug-likeness (QED) is 0.847. The Morgan fingerprint density at radius 2 is 2.40 bits per heavy atom. The van der Waals surface area contributed by atoms with Crippen LogP contribution in [-0.4, -0.2) is 23.7 Å². The maximum Gasteiger partial charge on any atom is 0.0795 e. The normalized spacial score (nSPS) is 30.9. The van der Waals surface area contributed by atoms with Crippen molar-refractivity contribution in [3.05, 3.63) is 16.6 Å².